The minimum Gasteiger partial charge on any atom is -0.379 e. The van der Waals surface area contributed by atoms with E-state index in [9.17, 15) is 18.5 Å². The van der Waals surface area contributed by atoms with Gasteiger partial charge in [-0.3, -0.25) is 4.79 Å². The Morgan fingerprint density at radius 1 is 0.938 bits per heavy atom. The third kappa shape index (κ3) is 5.62. The zero-order valence-electron chi connectivity index (χ0n) is 17.9. The summed E-state index contributed by atoms with van der Waals surface area (Å²) in [5, 5.41) is 12.2. The largest absolute Gasteiger partial charge is 0.379 e. The van der Waals surface area contributed by atoms with Crippen LogP contribution in [0, 0.1) is 32.1 Å². The Balaban J connectivity index is 1.75. The fourth-order valence-electron chi connectivity index (χ4n) is 2.87. The molecule has 7 heteroatoms. The first-order chi connectivity index (χ1) is 15.2. The van der Waals surface area contributed by atoms with Crippen LogP contribution in [-0.4, -0.2) is 14.3 Å². The van der Waals surface area contributed by atoms with Gasteiger partial charge in [-0.15, -0.1) is 0 Å². The van der Waals surface area contributed by atoms with Crippen molar-refractivity contribution in [3.8, 4) is 11.8 Å². The van der Waals surface area contributed by atoms with Crippen molar-refractivity contribution in [3.63, 3.8) is 0 Å². The molecule has 0 aliphatic carbocycles. The quantitative estimate of drug-likeness (QED) is 0.329. The van der Waals surface area contributed by atoms with Crippen molar-refractivity contribution < 1.29 is 17.4 Å². The molecule has 32 heavy (non-hydrogen) atoms. The van der Waals surface area contributed by atoms with Gasteiger partial charge in [-0.05, 0) is 73.9 Å². The maximum absolute atomic E-state index is 12.5. The fraction of sp³-hybridized carbons (Fsp3) is 0.120. The van der Waals surface area contributed by atoms with E-state index in [0.717, 1.165) is 16.7 Å². The Morgan fingerprint density at radius 2 is 1.56 bits per heavy atom. The minimum absolute atomic E-state index is 0.0574. The number of nitrogens with zero attached hydrogens (tertiary/aromatic N) is 1. The van der Waals surface area contributed by atoms with Crippen LogP contribution in [0.2, 0.25) is 0 Å². The average Bonchev–Trinajstić information content (AvgIpc) is 2.75. The second-order valence-electron chi connectivity index (χ2n) is 7.36. The maximum Gasteiger partial charge on any atom is 0.339 e. The summed E-state index contributed by atoms with van der Waals surface area (Å²) in [6.07, 6.45) is 1.43. The Bertz CT molecular complexity index is 1320. The lowest BCUT2D eigenvalue weighted by Gasteiger charge is -2.09. The number of aryl methyl sites for hydroxylation is 3. The van der Waals surface area contributed by atoms with Gasteiger partial charge < -0.3 is 9.50 Å². The summed E-state index contributed by atoms with van der Waals surface area (Å²) in [5.41, 5.74) is 3.93. The molecule has 6 nitrogen and oxygen atoms in total. The topological polar surface area (TPSA) is 96.3 Å². The summed E-state index contributed by atoms with van der Waals surface area (Å²) in [7, 11) is -3.96. The Morgan fingerprint density at radius 3 is 2.19 bits per heavy atom. The third-order valence-electron chi connectivity index (χ3n) is 4.71. The van der Waals surface area contributed by atoms with Crippen LogP contribution < -0.4 is 9.50 Å². The first kappa shape index (κ1) is 22.8. The van der Waals surface area contributed by atoms with Crippen LogP contribution in [0.4, 0.5) is 5.69 Å². The third-order valence-corrected chi connectivity index (χ3v) is 5.97. The van der Waals surface area contributed by atoms with Gasteiger partial charge in [0.15, 0.2) is 0 Å². The van der Waals surface area contributed by atoms with E-state index in [2.05, 4.69) is 5.32 Å². The van der Waals surface area contributed by atoms with E-state index in [1.54, 1.807) is 24.3 Å². The highest BCUT2D eigenvalue weighted by Crippen LogP contribution is 2.21. The Kier molecular flexibility index (Phi) is 6.76. The van der Waals surface area contributed by atoms with Gasteiger partial charge in [0.05, 0.1) is 0 Å². The number of nitrogens with one attached hydrogen (secondary N) is 1. The molecule has 0 saturated heterocycles. The van der Waals surface area contributed by atoms with E-state index >= 15 is 0 Å². The summed E-state index contributed by atoms with van der Waals surface area (Å²) in [4.78, 5) is 12.6. The van der Waals surface area contributed by atoms with Crippen molar-refractivity contribution in [1.29, 1.82) is 5.26 Å². The molecule has 0 atom stereocenters. The van der Waals surface area contributed by atoms with Gasteiger partial charge in [0.25, 0.3) is 5.91 Å². The molecule has 0 unspecified atom stereocenters. The number of rotatable bonds is 6. The van der Waals surface area contributed by atoms with Gasteiger partial charge in [0, 0.05) is 5.69 Å². The van der Waals surface area contributed by atoms with Crippen molar-refractivity contribution in [1.82, 2.24) is 0 Å². The van der Waals surface area contributed by atoms with Crippen LogP contribution in [-0.2, 0) is 14.9 Å². The molecule has 0 aliphatic rings. The molecule has 3 aromatic carbocycles. The van der Waals surface area contributed by atoms with Gasteiger partial charge in [-0.25, -0.2) is 0 Å². The summed E-state index contributed by atoms with van der Waals surface area (Å²) >= 11 is 0. The molecule has 1 N–H and O–H groups in total. The second kappa shape index (κ2) is 9.50. The second-order valence-corrected chi connectivity index (χ2v) is 8.91. The molecule has 0 saturated carbocycles. The van der Waals surface area contributed by atoms with Crippen LogP contribution in [0.1, 0.15) is 22.3 Å². The number of hydrogen-bond donors (Lipinski definition) is 1. The van der Waals surface area contributed by atoms with E-state index in [1.807, 2.05) is 45.0 Å². The number of hydrogen-bond acceptors (Lipinski definition) is 5. The average molecular weight is 447 g/mol. The SMILES string of the molecule is Cc1ccc(S(=O)(=O)Oc2ccc(/C=C(\C#N)C(=O)Nc3cc(C)ccc3C)cc2)cc1. The van der Waals surface area contributed by atoms with Crippen LogP contribution in [0.3, 0.4) is 0 Å². The molecule has 0 heterocycles. The number of carbonyl (C=O) groups excluding carboxylic acids is 1. The molecular formula is C25H22N2O4S. The van der Waals surface area contributed by atoms with Crippen LogP contribution in [0.25, 0.3) is 6.08 Å². The monoisotopic (exact) mass is 446 g/mol. The van der Waals surface area contributed by atoms with Crippen LogP contribution >= 0.6 is 0 Å². The van der Waals surface area contributed by atoms with Gasteiger partial charge in [-0.2, -0.15) is 13.7 Å². The van der Waals surface area contributed by atoms with Crippen molar-refractivity contribution in [3.05, 3.63) is 94.6 Å². The molecule has 0 aliphatic heterocycles. The van der Waals surface area contributed by atoms with Crippen LogP contribution in [0.15, 0.2) is 77.2 Å². The van der Waals surface area contributed by atoms with Crippen molar-refractivity contribution in [2.75, 3.05) is 5.32 Å². The summed E-state index contributed by atoms with van der Waals surface area (Å²) in [6, 6.07) is 20.0. The highest BCUT2D eigenvalue weighted by molar-refractivity contribution is 7.87. The van der Waals surface area contributed by atoms with E-state index in [-0.39, 0.29) is 16.2 Å². The molecule has 1 amide bonds. The highest BCUT2D eigenvalue weighted by atomic mass is 32.2. The number of benzene rings is 3. The molecule has 0 aromatic heterocycles. The van der Waals surface area contributed by atoms with E-state index in [1.165, 1.54) is 30.3 Å². The molecule has 162 valence electrons. The lowest BCUT2D eigenvalue weighted by molar-refractivity contribution is -0.112. The minimum atomic E-state index is -3.96. The zero-order chi connectivity index (χ0) is 23.3. The van der Waals surface area contributed by atoms with E-state index in [0.29, 0.717) is 11.3 Å². The van der Waals surface area contributed by atoms with Crippen molar-refractivity contribution >= 4 is 27.8 Å². The Hall–Kier alpha value is -3.89. The number of nitriles is 1. The van der Waals surface area contributed by atoms with Gasteiger partial charge in [0.1, 0.15) is 22.3 Å². The summed E-state index contributed by atoms with van der Waals surface area (Å²) < 4.78 is 30.0. The molecule has 3 rings (SSSR count). The molecule has 0 fully saturated rings. The first-order valence-electron chi connectivity index (χ1n) is 9.79. The number of amides is 1. The first-order valence-corrected chi connectivity index (χ1v) is 11.2. The smallest absolute Gasteiger partial charge is 0.339 e. The summed E-state index contributed by atoms with van der Waals surface area (Å²) in [5.74, 6) is -0.399. The normalized spacial score (nSPS) is 11.5. The number of carbonyl (C=O) groups is 1. The predicted molar refractivity (Wildman–Crippen MR) is 124 cm³/mol. The van der Waals surface area contributed by atoms with E-state index < -0.39 is 16.0 Å². The van der Waals surface area contributed by atoms with Gasteiger partial charge in [-0.1, -0.05) is 42.0 Å². The highest BCUT2D eigenvalue weighted by Gasteiger charge is 2.16. The van der Waals surface area contributed by atoms with Crippen molar-refractivity contribution in [2.24, 2.45) is 0 Å². The molecular weight excluding hydrogens is 424 g/mol. The standard InChI is InChI=1S/C25H22N2O4S/c1-17-5-12-23(13-6-17)32(29,30)31-22-10-8-20(9-11-22)15-21(16-26)25(28)27-24-14-18(2)4-7-19(24)3/h4-15H,1-3H3,(H,27,28)/b21-15+. The molecule has 0 spiro atoms. The van der Waals surface area contributed by atoms with E-state index in [4.69, 9.17) is 4.18 Å². The predicted octanol–water partition coefficient (Wildman–Crippen LogP) is 4.93. The Labute approximate surface area is 187 Å². The maximum atomic E-state index is 12.5. The molecule has 0 bridgehead atoms. The van der Waals surface area contributed by atoms with Gasteiger partial charge in [0.2, 0.25) is 0 Å². The zero-order valence-corrected chi connectivity index (χ0v) is 18.7. The lowest BCUT2D eigenvalue weighted by Crippen LogP contribution is -2.14. The molecule has 0 radical (unpaired) electrons. The molecule has 3 aromatic rings. The lowest BCUT2D eigenvalue weighted by atomic mass is 10.1. The van der Waals surface area contributed by atoms with Crippen molar-refractivity contribution in [2.45, 2.75) is 25.7 Å². The summed E-state index contributed by atoms with van der Waals surface area (Å²) in [6.45, 7) is 5.65. The van der Waals surface area contributed by atoms with Crippen LogP contribution in [0.5, 0.6) is 5.75 Å². The van der Waals surface area contributed by atoms with Gasteiger partial charge >= 0.3 is 10.1 Å². The fourth-order valence-corrected chi connectivity index (χ4v) is 3.80. The number of anilines is 1.